The van der Waals surface area contributed by atoms with Gasteiger partial charge in [-0.25, -0.2) is 9.97 Å². The Kier molecular flexibility index (Phi) is 11.3. The average molecular weight is 456 g/mol. The van der Waals surface area contributed by atoms with E-state index in [2.05, 4.69) is 15.3 Å². The lowest BCUT2D eigenvalue weighted by molar-refractivity contribution is 0.0438. The number of aliphatic hydroxyl groups is 2. The first-order valence-electron chi connectivity index (χ1n) is 8.57. The van der Waals surface area contributed by atoms with Crippen molar-refractivity contribution >= 4 is 37.2 Å². The molecule has 2 aromatic rings. The fourth-order valence-corrected chi connectivity index (χ4v) is 3.39. The van der Waals surface area contributed by atoms with Crippen LogP contribution in [0.3, 0.4) is 0 Å². The van der Waals surface area contributed by atoms with E-state index in [4.69, 9.17) is 4.74 Å². The molecular formula is C18H29Cl3N4O3. The first-order valence-corrected chi connectivity index (χ1v) is 8.57. The number of hydrogen-bond donors (Lipinski definition) is 3. The summed E-state index contributed by atoms with van der Waals surface area (Å²) in [6.07, 6.45) is 3.22. The number of halogens is 3. The van der Waals surface area contributed by atoms with Crippen LogP contribution >= 0.6 is 37.2 Å². The van der Waals surface area contributed by atoms with Gasteiger partial charge in [-0.2, -0.15) is 0 Å². The van der Waals surface area contributed by atoms with Crippen LogP contribution in [0.15, 0.2) is 30.6 Å². The van der Waals surface area contributed by atoms with Gasteiger partial charge in [0.15, 0.2) is 0 Å². The highest BCUT2D eigenvalue weighted by Gasteiger charge is 2.44. The Morgan fingerprint density at radius 3 is 2.46 bits per heavy atom. The monoisotopic (exact) mass is 454 g/mol. The highest BCUT2D eigenvalue weighted by Crippen LogP contribution is 2.38. The van der Waals surface area contributed by atoms with Crippen LogP contribution in [-0.2, 0) is 13.6 Å². The molecule has 7 nitrogen and oxygen atoms in total. The van der Waals surface area contributed by atoms with Crippen LogP contribution in [0, 0.1) is 12.3 Å². The minimum atomic E-state index is -0.718. The van der Waals surface area contributed by atoms with Gasteiger partial charge in [-0.05, 0) is 25.8 Å². The van der Waals surface area contributed by atoms with Crippen molar-refractivity contribution in [3.63, 3.8) is 0 Å². The Bertz CT molecular complexity index is 707. The van der Waals surface area contributed by atoms with E-state index < -0.39 is 12.2 Å². The molecule has 0 aromatic carbocycles. The Balaban J connectivity index is 0.00000243. The summed E-state index contributed by atoms with van der Waals surface area (Å²) in [7, 11) is 1.95. The van der Waals surface area contributed by atoms with Crippen molar-refractivity contribution < 1.29 is 14.9 Å². The Hall–Kier alpha value is -1.09. The van der Waals surface area contributed by atoms with Crippen LogP contribution in [0.4, 0.5) is 0 Å². The number of nitrogens with one attached hydrogen (secondary N) is 1. The molecule has 28 heavy (non-hydrogen) atoms. The van der Waals surface area contributed by atoms with Crippen molar-refractivity contribution in [2.45, 2.75) is 38.5 Å². The van der Waals surface area contributed by atoms with E-state index in [1.54, 1.807) is 6.20 Å². The molecule has 1 unspecified atom stereocenters. The van der Waals surface area contributed by atoms with Gasteiger partial charge in [0.1, 0.15) is 5.82 Å². The second kappa shape index (κ2) is 11.8. The van der Waals surface area contributed by atoms with Gasteiger partial charge in [-0.1, -0.05) is 6.07 Å². The van der Waals surface area contributed by atoms with Gasteiger partial charge in [0.05, 0.1) is 25.4 Å². The molecule has 10 heteroatoms. The predicted octanol–water partition coefficient (Wildman–Crippen LogP) is 2.06. The van der Waals surface area contributed by atoms with Crippen molar-refractivity contribution in [1.82, 2.24) is 19.9 Å². The quantitative estimate of drug-likeness (QED) is 0.592. The second-order valence-corrected chi connectivity index (χ2v) is 7.01. The Morgan fingerprint density at radius 2 is 1.89 bits per heavy atom. The van der Waals surface area contributed by atoms with Crippen LogP contribution in [0.2, 0.25) is 0 Å². The zero-order chi connectivity index (χ0) is 17.9. The fourth-order valence-electron chi connectivity index (χ4n) is 3.39. The largest absolute Gasteiger partial charge is 0.477 e. The molecule has 0 aliphatic heterocycles. The van der Waals surface area contributed by atoms with Gasteiger partial charge in [0.25, 0.3) is 0 Å². The number of nitrogens with zero attached hydrogens (tertiary/aromatic N) is 3. The van der Waals surface area contributed by atoms with Crippen LogP contribution in [0.1, 0.15) is 24.4 Å². The van der Waals surface area contributed by atoms with E-state index >= 15 is 0 Å². The Labute approximate surface area is 184 Å². The molecule has 1 aliphatic rings. The van der Waals surface area contributed by atoms with Crippen LogP contribution < -0.4 is 10.1 Å². The van der Waals surface area contributed by atoms with Crippen molar-refractivity contribution in [3.05, 3.63) is 42.1 Å². The zero-order valence-electron chi connectivity index (χ0n) is 15.9. The number of imidazole rings is 1. The molecule has 1 saturated carbocycles. The number of ether oxygens (including phenoxy) is 1. The van der Waals surface area contributed by atoms with Crippen molar-refractivity contribution in [1.29, 1.82) is 0 Å². The first kappa shape index (κ1) is 26.9. The van der Waals surface area contributed by atoms with E-state index in [0.717, 1.165) is 11.5 Å². The van der Waals surface area contributed by atoms with Crippen molar-refractivity contribution in [2.75, 3.05) is 13.2 Å². The average Bonchev–Trinajstić information content (AvgIpc) is 3.10. The molecule has 3 N–H and O–H groups in total. The van der Waals surface area contributed by atoms with Crippen LogP contribution in [-0.4, -0.2) is 50.1 Å². The van der Waals surface area contributed by atoms with Gasteiger partial charge in [-0.15, -0.1) is 37.2 Å². The van der Waals surface area contributed by atoms with Crippen molar-refractivity contribution in [3.8, 4) is 5.88 Å². The minimum Gasteiger partial charge on any atom is -0.477 e. The normalized spacial score (nSPS) is 23.3. The highest BCUT2D eigenvalue weighted by atomic mass is 35.5. The second-order valence-electron chi connectivity index (χ2n) is 7.01. The first-order chi connectivity index (χ1) is 12.0. The molecule has 2 heterocycles. The summed E-state index contributed by atoms with van der Waals surface area (Å²) in [5.41, 5.74) is 0.557. The number of pyridine rings is 1. The molecule has 0 radical (unpaired) electrons. The molecular weight excluding hydrogens is 427 g/mol. The van der Waals surface area contributed by atoms with Crippen LogP contribution in [0.5, 0.6) is 5.88 Å². The molecule has 0 bridgehead atoms. The summed E-state index contributed by atoms with van der Waals surface area (Å²) in [6.45, 7) is 3.56. The van der Waals surface area contributed by atoms with Gasteiger partial charge in [0.2, 0.25) is 5.88 Å². The summed E-state index contributed by atoms with van der Waals surface area (Å²) in [5.74, 6) is 1.51. The maximum absolute atomic E-state index is 10.0. The van der Waals surface area contributed by atoms with E-state index in [-0.39, 0.29) is 42.6 Å². The predicted molar refractivity (Wildman–Crippen MR) is 115 cm³/mol. The third kappa shape index (κ3) is 6.76. The van der Waals surface area contributed by atoms with Gasteiger partial charge in [-0.3, -0.25) is 0 Å². The summed E-state index contributed by atoms with van der Waals surface area (Å²) in [6, 6.07) is 5.64. The summed E-state index contributed by atoms with van der Waals surface area (Å²) in [4.78, 5) is 8.65. The third-order valence-corrected chi connectivity index (χ3v) is 4.82. The lowest BCUT2D eigenvalue weighted by Crippen LogP contribution is -2.38. The standard InChI is InChI=1S/C18H26N4O3.3ClH/c1-13-4-3-5-17(21-13)25-12-18(8-14(23)15(24)9-18)11-19-10-16-20-6-7-22(16)2;;;/h3-7,14-15,19,23-24H,8-12H2,1-2H3;3*1H/t14-,15+,18?;;;. The maximum Gasteiger partial charge on any atom is 0.213 e. The molecule has 1 aliphatic carbocycles. The molecule has 0 spiro atoms. The van der Waals surface area contributed by atoms with E-state index in [0.29, 0.717) is 38.4 Å². The number of aromatic nitrogens is 3. The molecule has 160 valence electrons. The molecule has 0 saturated heterocycles. The van der Waals surface area contributed by atoms with Crippen LogP contribution in [0.25, 0.3) is 0 Å². The molecule has 2 aromatic heterocycles. The summed E-state index contributed by atoms with van der Waals surface area (Å²) >= 11 is 0. The van der Waals surface area contributed by atoms with Crippen molar-refractivity contribution in [2.24, 2.45) is 12.5 Å². The van der Waals surface area contributed by atoms with E-state index in [1.807, 2.05) is 42.9 Å². The smallest absolute Gasteiger partial charge is 0.213 e. The molecule has 3 rings (SSSR count). The zero-order valence-corrected chi connectivity index (χ0v) is 18.4. The fraction of sp³-hybridized carbons (Fsp3) is 0.556. The lowest BCUT2D eigenvalue weighted by Gasteiger charge is -2.29. The molecule has 3 atom stereocenters. The van der Waals surface area contributed by atoms with Gasteiger partial charge >= 0.3 is 0 Å². The van der Waals surface area contributed by atoms with E-state index in [1.165, 1.54) is 0 Å². The maximum atomic E-state index is 10.0. The van der Waals surface area contributed by atoms with Gasteiger partial charge in [0, 0.05) is 43.2 Å². The summed E-state index contributed by atoms with van der Waals surface area (Å²) < 4.78 is 7.85. The minimum absolute atomic E-state index is 0. The number of aryl methyl sites for hydroxylation is 2. The topological polar surface area (TPSA) is 92.4 Å². The number of aliphatic hydroxyl groups excluding tert-OH is 2. The van der Waals surface area contributed by atoms with E-state index in [9.17, 15) is 10.2 Å². The number of rotatable bonds is 7. The molecule has 0 amide bonds. The van der Waals surface area contributed by atoms with Gasteiger partial charge < -0.3 is 24.8 Å². The Morgan fingerprint density at radius 1 is 1.21 bits per heavy atom. The third-order valence-electron chi connectivity index (χ3n) is 4.82. The lowest BCUT2D eigenvalue weighted by atomic mass is 9.86. The SMILES string of the molecule is Cc1cccc(OCC2(CNCc3nccn3C)C[C@@H](O)[C@@H](O)C2)n1.Cl.Cl.Cl. The molecule has 1 fully saturated rings. The highest BCUT2D eigenvalue weighted by molar-refractivity contribution is 5.86. The number of hydrogen-bond acceptors (Lipinski definition) is 6. The summed E-state index contributed by atoms with van der Waals surface area (Å²) in [5, 5.41) is 23.5.